The van der Waals surface area contributed by atoms with Crippen LogP contribution in [0.15, 0.2) is 0 Å². The van der Waals surface area contributed by atoms with Gasteiger partial charge >= 0.3 is 0 Å². The molecule has 400 valence electrons. The minimum atomic E-state index is 0. The van der Waals surface area contributed by atoms with Crippen molar-refractivity contribution in [3.8, 4) is 0 Å². The fraction of sp³-hybridized carbons (Fsp3) is 1.00. The third-order valence-electron chi connectivity index (χ3n) is 0. The Morgan fingerprint density at radius 1 is 0.125 bits per heavy atom. The van der Waals surface area contributed by atoms with Gasteiger partial charge in [0.05, 0.1) is 113 Å². The van der Waals surface area contributed by atoms with Crippen LogP contribution in [0.5, 0.6) is 0 Å². The summed E-state index contributed by atoms with van der Waals surface area (Å²) in [6.45, 7) is 0. The average molecular weight is 1520 g/mol. The summed E-state index contributed by atoms with van der Waals surface area (Å²) in [5.41, 5.74) is 0. The fourth-order valence-electron chi connectivity index (χ4n) is 0. The zero-order valence-electron chi connectivity index (χ0n) is 32.7. The summed E-state index contributed by atoms with van der Waals surface area (Å²) in [6, 6.07) is 0. The smallest absolute Gasteiger partial charge is 0.0675 e. The Labute approximate surface area is 448 Å². The molecule has 0 saturated carbocycles. The van der Waals surface area contributed by atoms with Crippen molar-refractivity contribution in [1.29, 1.82) is 0 Å². The molecule has 0 aromatic carbocycles. The summed E-state index contributed by atoms with van der Waals surface area (Å²) in [7, 11) is 34.0. The predicted molar refractivity (Wildman–Crippen MR) is 121 cm³/mol. The first-order chi connectivity index (χ1) is 8.00. The maximum absolute atomic E-state index is 2.12. The van der Waals surface area contributed by atoms with Gasteiger partial charge in [-0.3, -0.25) is 0 Å². The maximum atomic E-state index is 2.12. The van der Waals surface area contributed by atoms with Crippen molar-refractivity contribution in [3.05, 3.63) is 0 Å². The Balaban J connectivity index is -0.00000000132. The molecule has 0 atom stereocenters. The fourth-order valence-corrected chi connectivity index (χ4v) is 0. The molecule has 0 radical (unpaired) electrons. The van der Waals surface area contributed by atoms with E-state index in [1.165, 1.54) is 0 Å². The van der Waals surface area contributed by atoms with Crippen molar-refractivity contribution in [2.24, 2.45) is 0 Å². The molecule has 0 aromatic heterocycles. The van der Waals surface area contributed by atoms with Crippen LogP contribution >= 0.6 is 0 Å². The maximum Gasteiger partial charge on any atom is 0.0675 e. The van der Waals surface area contributed by atoms with Crippen molar-refractivity contribution in [2.75, 3.05) is 113 Å². The quantitative estimate of drug-likeness (QED) is 0.169. The molecule has 0 aliphatic heterocycles. The Kier molecular flexibility index (Phi) is 2320. The van der Waals surface area contributed by atoms with Crippen LogP contribution in [0, 0.1) is 0 Å². The molecule has 0 aliphatic carbocycles. The standard InChI is InChI=1S/4C4H12N.8Mo.2H2O.26O/c4*1-5(2,3)4;;;;;;;;;;;;;;;;;;;;;;;;;;;;;;;;;;;;/h4*1-4H3;;;;;;;;;2*1H2;;;;;;;;;;;;;;;;;;;;;;;;;;/q4*+1;;;;;;;;;;;26*-2. The van der Waals surface area contributed by atoms with E-state index in [0.717, 1.165) is 17.9 Å². The second kappa shape index (κ2) is 252. The second-order valence-electron chi connectivity index (χ2n) is 10.7. The molecule has 0 spiro atoms. The van der Waals surface area contributed by atoms with Gasteiger partial charge < -0.3 is 171 Å². The third-order valence-corrected chi connectivity index (χ3v) is 0. The van der Waals surface area contributed by atoms with Crippen molar-refractivity contribution >= 4 is 0 Å². The van der Waals surface area contributed by atoms with E-state index in [1.54, 1.807) is 0 Å². The number of rotatable bonds is 0. The first-order valence-electron chi connectivity index (χ1n) is 7.16. The molecule has 56 heavy (non-hydrogen) atoms. The van der Waals surface area contributed by atoms with E-state index in [2.05, 4.69) is 113 Å². The van der Waals surface area contributed by atoms with Gasteiger partial charge in [-0.15, -0.1) is 0 Å². The minimum absolute atomic E-state index is 0. The van der Waals surface area contributed by atoms with Crippen molar-refractivity contribution in [3.63, 3.8) is 0 Å². The summed E-state index contributed by atoms with van der Waals surface area (Å²) in [6.07, 6.45) is 0. The monoisotopic (exact) mass is 1530 g/mol. The van der Waals surface area contributed by atoms with Crippen LogP contribution in [-0.2, 0) is 311 Å². The Hall–Kier alpha value is 4.23. The van der Waals surface area contributed by atoms with Crippen LogP contribution in [0.4, 0.5) is 0 Å². The average Bonchev–Trinajstić information content (AvgIpc) is 1.62. The van der Waals surface area contributed by atoms with Gasteiger partial charge in [-0.2, -0.15) is 0 Å². The van der Waals surface area contributed by atoms with Gasteiger partial charge in [0.1, 0.15) is 0 Å². The molecule has 0 bridgehead atoms. The predicted octanol–water partition coefficient (Wildman–Crippen LogP) is -3.47. The van der Waals surface area contributed by atoms with Crippen LogP contribution in [0.3, 0.4) is 0 Å². The van der Waals surface area contributed by atoms with Crippen molar-refractivity contribution in [2.45, 2.75) is 0 Å². The van der Waals surface area contributed by atoms with Gasteiger partial charge in [-0.25, -0.2) is 0 Å². The third kappa shape index (κ3) is 10700. The van der Waals surface area contributed by atoms with Crippen LogP contribution in [-0.4, -0.2) is 142 Å². The Morgan fingerprint density at radius 3 is 0.125 bits per heavy atom. The molecule has 0 rings (SSSR count). The van der Waals surface area contributed by atoms with Crippen LogP contribution in [0.2, 0.25) is 0 Å². The number of hydrogen-bond donors (Lipinski definition) is 0. The molecule has 32 nitrogen and oxygen atoms in total. The molecule has 0 aliphatic rings. The summed E-state index contributed by atoms with van der Waals surface area (Å²) >= 11 is 0. The zero-order chi connectivity index (χ0) is 18.0. The first kappa shape index (κ1) is 516. The molecule has 0 amide bonds. The summed E-state index contributed by atoms with van der Waals surface area (Å²) < 4.78 is 4.00. The van der Waals surface area contributed by atoms with E-state index < -0.39 is 0 Å². The second-order valence-corrected chi connectivity index (χ2v) is 10.7. The Morgan fingerprint density at radius 2 is 0.125 bits per heavy atom. The molecule has 0 saturated heterocycles. The van der Waals surface area contributed by atoms with E-state index in [1.807, 2.05) is 0 Å². The summed E-state index contributed by atoms with van der Waals surface area (Å²) in [5, 5.41) is 0. The molecule has 0 fully saturated rings. The van der Waals surface area contributed by atoms with E-state index in [4.69, 9.17) is 0 Å². The van der Waals surface area contributed by atoms with E-state index in [9.17, 15) is 0 Å². The Bertz CT molecular complexity index is 205. The molecule has 40 heteroatoms. The van der Waals surface area contributed by atoms with Gasteiger partial charge in [0.2, 0.25) is 0 Å². The molecule has 4 N–H and O–H groups in total. The molecular formula is C16H52Mo8N4O28-48. The van der Waals surface area contributed by atoms with E-state index >= 15 is 0 Å². The molecule has 0 heterocycles. The number of hydrogen-bond acceptors (Lipinski definition) is 0. The normalized spacial score (nSPS) is 4.29. The minimum Gasteiger partial charge on any atom is -2.00 e. The first-order valence-corrected chi connectivity index (χ1v) is 7.16. The SMILES string of the molecule is C[N+](C)(C)C.C[N+](C)(C)C.C[N+](C)(C)C.C[N+](C)(C)C.O.O.[Mo].[Mo].[Mo].[Mo].[Mo].[Mo].[Mo].[Mo].[O-2].[O-2].[O-2].[O-2].[O-2].[O-2].[O-2].[O-2].[O-2].[O-2].[O-2].[O-2].[O-2].[O-2].[O-2].[O-2].[O-2].[O-2].[O-2].[O-2].[O-2].[O-2].[O-2].[O-2].[O-2].[O-2]. The van der Waals surface area contributed by atoms with Crippen molar-refractivity contribution < 1.29 is 340 Å². The van der Waals surface area contributed by atoms with E-state index in [0.29, 0.717) is 0 Å². The van der Waals surface area contributed by atoms with Crippen molar-refractivity contribution in [1.82, 2.24) is 0 Å². The van der Waals surface area contributed by atoms with Crippen LogP contribution < -0.4 is 0 Å². The van der Waals surface area contributed by atoms with E-state index in [-0.39, 0.29) is 322 Å². The van der Waals surface area contributed by atoms with Gasteiger partial charge in [0, 0.05) is 169 Å². The summed E-state index contributed by atoms with van der Waals surface area (Å²) in [5.74, 6) is 0. The molecule has 0 aromatic rings. The number of nitrogens with zero attached hydrogens (tertiary/aromatic N) is 4. The summed E-state index contributed by atoms with van der Waals surface area (Å²) in [4.78, 5) is 0. The zero-order valence-corrected chi connectivity index (χ0v) is 48.7. The van der Waals surface area contributed by atoms with Crippen LogP contribution in [0.1, 0.15) is 0 Å². The molecular weight excluding hydrogens is 1460 g/mol. The van der Waals surface area contributed by atoms with Gasteiger partial charge in [0.15, 0.2) is 0 Å². The van der Waals surface area contributed by atoms with Crippen LogP contribution in [0.25, 0.3) is 0 Å². The number of quaternary nitrogens is 4. The van der Waals surface area contributed by atoms with Gasteiger partial charge in [-0.1, -0.05) is 0 Å². The topological polar surface area (TPSA) is 804 Å². The van der Waals surface area contributed by atoms with Gasteiger partial charge in [-0.05, 0) is 0 Å². The largest absolute Gasteiger partial charge is 2.00 e. The van der Waals surface area contributed by atoms with Gasteiger partial charge in [0.25, 0.3) is 0 Å². The molecule has 0 unspecified atom stereocenters.